The van der Waals surface area contributed by atoms with Crippen LogP contribution in [-0.4, -0.2) is 92.2 Å². The number of benzene rings is 1. The van der Waals surface area contributed by atoms with Crippen molar-refractivity contribution in [1.29, 1.82) is 0 Å². The summed E-state index contributed by atoms with van der Waals surface area (Å²) in [5.74, 6) is 0.221. The van der Waals surface area contributed by atoms with Gasteiger partial charge in [-0.2, -0.15) is 9.29 Å². The van der Waals surface area contributed by atoms with Gasteiger partial charge in [0.1, 0.15) is 6.61 Å². The van der Waals surface area contributed by atoms with E-state index in [1.807, 2.05) is 23.9 Å². The van der Waals surface area contributed by atoms with Crippen LogP contribution in [0.25, 0.3) is 6.08 Å². The highest BCUT2D eigenvalue weighted by Gasteiger charge is 2.30. The molecule has 3 heterocycles. The molecule has 4 rings (SSSR count). The lowest BCUT2D eigenvalue weighted by Gasteiger charge is -2.34. The molecule has 0 bridgehead atoms. The van der Waals surface area contributed by atoms with Gasteiger partial charge in [0.15, 0.2) is 0 Å². The van der Waals surface area contributed by atoms with E-state index in [9.17, 15) is 18.0 Å². The number of thioether (sulfide) groups is 1. The Balaban J connectivity index is 1.54. The van der Waals surface area contributed by atoms with Gasteiger partial charge in [-0.25, -0.2) is 13.4 Å². The van der Waals surface area contributed by atoms with Crippen molar-refractivity contribution >= 4 is 45.0 Å². The molecule has 2 aliphatic rings. The van der Waals surface area contributed by atoms with Gasteiger partial charge in [-0.05, 0) is 44.1 Å². The molecular weight excluding hydrogens is 492 g/mol. The van der Waals surface area contributed by atoms with Gasteiger partial charge >= 0.3 is 0 Å². The van der Waals surface area contributed by atoms with Crippen molar-refractivity contribution in [3.63, 3.8) is 0 Å². The number of hydrogen-bond donors (Lipinski definition) is 1. The van der Waals surface area contributed by atoms with Crippen LogP contribution in [0.1, 0.15) is 5.69 Å². The normalized spacial score (nSPS) is 18.4. The Bertz CT molecular complexity index is 1230. The Kier molecular flexibility index (Phi) is 7.69. The Morgan fingerprint density at radius 2 is 1.83 bits per heavy atom. The summed E-state index contributed by atoms with van der Waals surface area (Å²) in [6.45, 7) is 2.40. The topological polar surface area (TPSA) is 125 Å². The highest BCUT2D eigenvalue weighted by atomic mass is 32.2. The molecule has 2 aromatic rings. The molecule has 2 saturated heterocycles. The number of ether oxygens (including phenoxy) is 1. The van der Waals surface area contributed by atoms with E-state index in [2.05, 4.69) is 15.3 Å². The van der Waals surface area contributed by atoms with Crippen LogP contribution >= 0.6 is 11.8 Å². The summed E-state index contributed by atoms with van der Waals surface area (Å²) >= 11 is 0.805. The van der Waals surface area contributed by atoms with Gasteiger partial charge in [-0.3, -0.25) is 14.9 Å². The number of anilines is 1. The predicted octanol–water partition coefficient (Wildman–Crippen LogP) is 1.25. The molecule has 1 aromatic heterocycles. The van der Waals surface area contributed by atoms with Crippen LogP contribution in [0.3, 0.4) is 0 Å². The average Bonchev–Trinajstić information content (AvgIpc) is 3.15. The number of sulfonamides is 1. The molecule has 0 radical (unpaired) electrons. The van der Waals surface area contributed by atoms with Gasteiger partial charge in [-0.15, -0.1) is 0 Å². The monoisotopic (exact) mass is 518 g/mol. The third-order valence-corrected chi connectivity index (χ3v) is 8.05. The summed E-state index contributed by atoms with van der Waals surface area (Å²) in [7, 11) is 0.279. The van der Waals surface area contributed by atoms with E-state index < -0.39 is 21.2 Å². The summed E-state index contributed by atoms with van der Waals surface area (Å²) in [6, 6.07) is 9.95. The minimum Gasteiger partial charge on any atom is -0.476 e. The average molecular weight is 519 g/mol. The van der Waals surface area contributed by atoms with Crippen LogP contribution in [0.5, 0.6) is 5.88 Å². The number of nitrogens with zero attached hydrogens (tertiary/aromatic N) is 5. The lowest BCUT2D eigenvalue weighted by Crippen LogP contribution is -2.49. The molecule has 0 atom stereocenters. The first-order chi connectivity index (χ1) is 16.7. The largest absolute Gasteiger partial charge is 0.476 e. The van der Waals surface area contributed by atoms with Gasteiger partial charge in [0.05, 0.1) is 15.5 Å². The standard InChI is InChI=1S/C22H26N6O5S2/c1-26(2)12-13-33-19-15-16(14-18-20(29)25-22(30)34-18)23-21(24-19)27-8-10-28(11-9-27)35(31,32)17-6-4-3-5-7-17/h3-7,14-15H,8-13H2,1-2H3,(H,25,29,30)/b18-14-. The molecule has 1 aromatic carbocycles. The fourth-order valence-corrected chi connectivity index (χ4v) is 5.59. The van der Waals surface area contributed by atoms with Crippen LogP contribution in [0.2, 0.25) is 0 Å². The summed E-state index contributed by atoms with van der Waals surface area (Å²) < 4.78 is 33.1. The highest BCUT2D eigenvalue weighted by Crippen LogP contribution is 2.27. The van der Waals surface area contributed by atoms with E-state index in [1.165, 1.54) is 10.4 Å². The Hall–Kier alpha value is -3.00. The zero-order chi connectivity index (χ0) is 25.0. The fraction of sp³-hybridized carbons (Fsp3) is 0.364. The van der Waals surface area contributed by atoms with Crippen LogP contribution in [0.4, 0.5) is 10.7 Å². The number of likely N-dealkylation sites (N-methyl/N-ethyl adjacent to an activating group) is 1. The van der Waals surface area contributed by atoms with E-state index in [-0.39, 0.29) is 22.9 Å². The summed E-state index contributed by atoms with van der Waals surface area (Å²) in [6.07, 6.45) is 1.52. The minimum absolute atomic E-state index is 0.234. The number of amides is 2. The van der Waals surface area contributed by atoms with Crippen LogP contribution in [0.15, 0.2) is 46.2 Å². The molecule has 2 fully saturated rings. The van der Waals surface area contributed by atoms with Gasteiger partial charge in [0.2, 0.25) is 21.9 Å². The molecule has 0 unspecified atom stereocenters. The van der Waals surface area contributed by atoms with Crippen molar-refractivity contribution in [3.05, 3.63) is 47.0 Å². The number of hydrogen-bond acceptors (Lipinski definition) is 10. The third kappa shape index (κ3) is 6.17. The van der Waals surface area contributed by atoms with Crippen molar-refractivity contribution in [2.45, 2.75) is 4.90 Å². The van der Waals surface area contributed by atoms with Gasteiger partial charge < -0.3 is 14.5 Å². The summed E-state index contributed by atoms with van der Waals surface area (Å²) in [4.78, 5) is 36.9. The summed E-state index contributed by atoms with van der Waals surface area (Å²) in [5, 5.41) is 1.79. The third-order valence-electron chi connectivity index (χ3n) is 5.32. The molecule has 2 aliphatic heterocycles. The van der Waals surface area contributed by atoms with E-state index >= 15 is 0 Å². The maximum absolute atomic E-state index is 12.9. The molecule has 13 heteroatoms. The van der Waals surface area contributed by atoms with E-state index in [0.717, 1.165) is 11.8 Å². The number of nitrogens with one attached hydrogen (secondary N) is 1. The molecular formula is C22H26N6O5S2. The second-order valence-electron chi connectivity index (χ2n) is 8.14. The second kappa shape index (κ2) is 10.7. The van der Waals surface area contributed by atoms with Crippen molar-refractivity contribution in [2.24, 2.45) is 0 Å². The van der Waals surface area contributed by atoms with Crippen molar-refractivity contribution in [2.75, 3.05) is 58.3 Å². The first-order valence-electron chi connectivity index (χ1n) is 10.9. The fourth-order valence-electron chi connectivity index (χ4n) is 3.48. The van der Waals surface area contributed by atoms with Crippen LogP contribution in [0, 0.1) is 0 Å². The molecule has 0 saturated carbocycles. The quantitative estimate of drug-likeness (QED) is 0.511. The molecule has 186 valence electrons. The van der Waals surface area contributed by atoms with Gasteiger partial charge in [-0.1, -0.05) is 18.2 Å². The number of rotatable bonds is 8. The lowest BCUT2D eigenvalue weighted by molar-refractivity contribution is -0.115. The van der Waals surface area contributed by atoms with E-state index in [1.54, 1.807) is 36.4 Å². The predicted molar refractivity (Wildman–Crippen MR) is 133 cm³/mol. The zero-order valence-corrected chi connectivity index (χ0v) is 21.0. The molecule has 2 amide bonds. The SMILES string of the molecule is CN(C)CCOc1cc(/C=C2\SC(=O)NC2=O)nc(N2CCN(S(=O)(=O)c3ccccc3)CC2)n1. The number of carbonyl (C=O) groups excluding carboxylic acids is 2. The molecule has 0 spiro atoms. The van der Waals surface area contributed by atoms with Crippen LogP contribution in [-0.2, 0) is 14.8 Å². The molecule has 0 aliphatic carbocycles. The zero-order valence-electron chi connectivity index (χ0n) is 19.4. The van der Waals surface area contributed by atoms with E-state index in [4.69, 9.17) is 4.74 Å². The number of imide groups is 1. The number of carbonyl (C=O) groups is 2. The Labute approximate surface area is 208 Å². The molecule has 11 nitrogen and oxygen atoms in total. The summed E-state index contributed by atoms with van der Waals surface area (Å²) in [5.41, 5.74) is 0.418. The van der Waals surface area contributed by atoms with Gasteiger partial charge in [0.25, 0.3) is 11.1 Å². The lowest BCUT2D eigenvalue weighted by atomic mass is 10.3. The first kappa shape index (κ1) is 25.1. The van der Waals surface area contributed by atoms with E-state index in [0.29, 0.717) is 43.8 Å². The Morgan fingerprint density at radius 3 is 2.46 bits per heavy atom. The number of aromatic nitrogens is 2. The van der Waals surface area contributed by atoms with Gasteiger partial charge in [0, 0.05) is 38.8 Å². The van der Waals surface area contributed by atoms with Crippen molar-refractivity contribution in [3.8, 4) is 5.88 Å². The van der Waals surface area contributed by atoms with Crippen molar-refractivity contribution < 1.29 is 22.7 Å². The smallest absolute Gasteiger partial charge is 0.290 e. The highest BCUT2D eigenvalue weighted by molar-refractivity contribution is 8.18. The van der Waals surface area contributed by atoms with Crippen molar-refractivity contribution in [1.82, 2.24) is 24.5 Å². The Morgan fingerprint density at radius 1 is 1.11 bits per heavy atom. The van der Waals surface area contributed by atoms with Crippen LogP contribution < -0.4 is 15.0 Å². The number of piperazine rings is 1. The maximum atomic E-state index is 12.9. The molecule has 1 N–H and O–H groups in total. The molecule has 35 heavy (non-hydrogen) atoms. The first-order valence-corrected chi connectivity index (χ1v) is 13.2. The minimum atomic E-state index is -3.58. The maximum Gasteiger partial charge on any atom is 0.290 e. The second-order valence-corrected chi connectivity index (χ2v) is 11.1.